The van der Waals surface area contributed by atoms with Gasteiger partial charge in [0.05, 0.1) is 24.3 Å². The fraction of sp³-hybridized carbons (Fsp3) is 0.389. The summed E-state index contributed by atoms with van der Waals surface area (Å²) >= 11 is 0. The molecule has 5 heteroatoms. The van der Waals surface area contributed by atoms with E-state index in [4.69, 9.17) is 0 Å². The first-order valence-electron chi connectivity index (χ1n) is 7.87. The number of aliphatic hydroxyl groups excluding tert-OH is 2. The fourth-order valence-corrected chi connectivity index (χ4v) is 3.42. The normalized spacial score (nSPS) is 21.0. The van der Waals surface area contributed by atoms with Crippen molar-refractivity contribution in [3.8, 4) is 5.69 Å². The Bertz CT molecular complexity index is 709. The molecule has 1 aliphatic rings. The zero-order valence-electron chi connectivity index (χ0n) is 13.4. The fourth-order valence-electron chi connectivity index (χ4n) is 3.42. The summed E-state index contributed by atoms with van der Waals surface area (Å²) < 4.78 is 2.05. The van der Waals surface area contributed by atoms with Gasteiger partial charge < -0.3 is 19.7 Å². The minimum atomic E-state index is -0.561. The van der Waals surface area contributed by atoms with Crippen LogP contribution in [0.25, 0.3) is 5.69 Å². The highest BCUT2D eigenvalue weighted by Gasteiger charge is 2.35. The Morgan fingerprint density at radius 1 is 1.26 bits per heavy atom. The van der Waals surface area contributed by atoms with Crippen LogP contribution in [0.1, 0.15) is 28.2 Å². The molecule has 0 spiro atoms. The summed E-state index contributed by atoms with van der Waals surface area (Å²) in [5.41, 5.74) is 3.50. The number of likely N-dealkylation sites (tertiary alicyclic amines) is 1. The van der Waals surface area contributed by atoms with Gasteiger partial charge in [0.25, 0.3) is 5.91 Å². The smallest absolute Gasteiger partial charge is 0.256 e. The lowest BCUT2D eigenvalue weighted by molar-refractivity contribution is 0.0664. The van der Waals surface area contributed by atoms with Gasteiger partial charge in [0.1, 0.15) is 0 Å². The van der Waals surface area contributed by atoms with Crippen LogP contribution in [-0.4, -0.2) is 50.9 Å². The number of nitrogens with zero attached hydrogens (tertiary/aromatic N) is 2. The molecule has 0 bridgehead atoms. The maximum atomic E-state index is 12.9. The summed E-state index contributed by atoms with van der Waals surface area (Å²) in [7, 11) is 0. The Morgan fingerprint density at radius 2 is 1.96 bits per heavy atom. The number of hydrogen-bond donors (Lipinski definition) is 2. The van der Waals surface area contributed by atoms with Crippen LogP contribution < -0.4 is 0 Å². The molecule has 1 fully saturated rings. The van der Waals surface area contributed by atoms with E-state index in [1.54, 1.807) is 4.90 Å². The number of amides is 1. The van der Waals surface area contributed by atoms with Crippen molar-refractivity contribution in [1.82, 2.24) is 9.47 Å². The average molecular weight is 314 g/mol. The topological polar surface area (TPSA) is 65.7 Å². The Kier molecular flexibility index (Phi) is 4.24. The molecule has 1 aromatic carbocycles. The Morgan fingerprint density at radius 3 is 2.61 bits per heavy atom. The molecule has 5 nitrogen and oxygen atoms in total. The molecule has 2 aromatic rings. The summed E-state index contributed by atoms with van der Waals surface area (Å²) in [6.45, 7) is 4.05. The molecule has 2 N–H and O–H groups in total. The van der Waals surface area contributed by atoms with Crippen LogP contribution >= 0.6 is 0 Å². The second-order valence-electron chi connectivity index (χ2n) is 6.14. The first-order chi connectivity index (χ1) is 11.0. The number of aromatic nitrogens is 1. The van der Waals surface area contributed by atoms with Crippen LogP contribution in [0.2, 0.25) is 0 Å². The van der Waals surface area contributed by atoms with Gasteiger partial charge in [0.15, 0.2) is 0 Å². The molecule has 0 saturated carbocycles. The second-order valence-corrected chi connectivity index (χ2v) is 6.14. The number of carbonyl (C=O) groups excluding carboxylic acids is 1. The van der Waals surface area contributed by atoms with E-state index in [2.05, 4.69) is 0 Å². The van der Waals surface area contributed by atoms with Gasteiger partial charge in [-0.3, -0.25) is 4.79 Å². The predicted octanol–water partition coefficient (Wildman–Crippen LogP) is 1.66. The third kappa shape index (κ3) is 2.78. The average Bonchev–Trinajstić information content (AvgIpc) is 3.07. The third-order valence-electron chi connectivity index (χ3n) is 4.54. The van der Waals surface area contributed by atoms with E-state index < -0.39 is 6.10 Å². The SMILES string of the molecule is Cc1cc(C(=O)N2C[C@@H](O)C[C@H]2CO)c(C)n1-c1ccccc1. The first kappa shape index (κ1) is 15.8. The second kappa shape index (κ2) is 6.18. The van der Waals surface area contributed by atoms with Crippen molar-refractivity contribution in [2.24, 2.45) is 0 Å². The predicted molar refractivity (Wildman–Crippen MR) is 87.8 cm³/mol. The van der Waals surface area contributed by atoms with Gasteiger partial charge in [0, 0.05) is 23.6 Å². The minimum Gasteiger partial charge on any atom is -0.394 e. The molecule has 0 radical (unpaired) electrons. The largest absolute Gasteiger partial charge is 0.394 e. The van der Waals surface area contributed by atoms with Crippen LogP contribution in [0.3, 0.4) is 0 Å². The van der Waals surface area contributed by atoms with Gasteiger partial charge in [-0.25, -0.2) is 0 Å². The molecule has 122 valence electrons. The maximum Gasteiger partial charge on any atom is 0.256 e. The van der Waals surface area contributed by atoms with Crippen molar-refractivity contribution in [1.29, 1.82) is 0 Å². The Hall–Kier alpha value is -2.11. The molecular formula is C18H22N2O3. The highest BCUT2D eigenvalue weighted by molar-refractivity contribution is 5.96. The van der Waals surface area contributed by atoms with Crippen molar-refractivity contribution in [3.63, 3.8) is 0 Å². The van der Waals surface area contributed by atoms with Crippen LogP contribution in [0.15, 0.2) is 36.4 Å². The standard InChI is InChI=1S/C18H22N2O3/c1-12-8-17(13(2)20(12)14-6-4-3-5-7-14)18(23)19-10-16(22)9-15(19)11-21/h3-8,15-16,21-22H,9-11H2,1-2H3/t15-,16-/m0/s1. The summed E-state index contributed by atoms with van der Waals surface area (Å²) in [4.78, 5) is 14.5. The molecule has 1 saturated heterocycles. The Labute approximate surface area is 135 Å². The lowest BCUT2D eigenvalue weighted by Crippen LogP contribution is -2.38. The minimum absolute atomic E-state index is 0.125. The number of para-hydroxylation sites is 1. The first-order valence-corrected chi connectivity index (χ1v) is 7.87. The molecule has 0 aliphatic carbocycles. The van der Waals surface area contributed by atoms with E-state index in [-0.39, 0.29) is 25.1 Å². The number of aliphatic hydroxyl groups is 2. The molecule has 2 atom stereocenters. The molecular weight excluding hydrogens is 292 g/mol. The van der Waals surface area contributed by atoms with Crippen LogP contribution in [-0.2, 0) is 0 Å². The van der Waals surface area contributed by atoms with Crippen molar-refractivity contribution in [3.05, 3.63) is 53.3 Å². The van der Waals surface area contributed by atoms with Gasteiger partial charge in [0.2, 0.25) is 0 Å². The maximum absolute atomic E-state index is 12.9. The van der Waals surface area contributed by atoms with Crippen molar-refractivity contribution in [2.45, 2.75) is 32.4 Å². The summed E-state index contributed by atoms with van der Waals surface area (Å²) in [6, 6.07) is 11.5. The summed E-state index contributed by atoms with van der Waals surface area (Å²) in [5, 5.41) is 19.2. The molecule has 1 amide bonds. The van der Waals surface area contributed by atoms with E-state index in [9.17, 15) is 15.0 Å². The van der Waals surface area contributed by atoms with Gasteiger partial charge in [-0.05, 0) is 38.5 Å². The molecule has 23 heavy (non-hydrogen) atoms. The van der Waals surface area contributed by atoms with E-state index >= 15 is 0 Å². The van der Waals surface area contributed by atoms with Crippen molar-refractivity contribution >= 4 is 5.91 Å². The van der Waals surface area contributed by atoms with E-state index in [1.165, 1.54) is 0 Å². The molecule has 0 unspecified atom stereocenters. The van der Waals surface area contributed by atoms with Gasteiger partial charge in [-0.15, -0.1) is 0 Å². The number of β-amino-alcohol motifs (C(OH)–C–C–N with tert-alkyl or cyclic N) is 1. The molecule has 1 aromatic heterocycles. The lowest BCUT2D eigenvalue weighted by atomic mass is 10.2. The third-order valence-corrected chi connectivity index (χ3v) is 4.54. The highest BCUT2D eigenvalue weighted by Crippen LogP contribution is 2.25. The summed E-state index contributed by atoms with van der Waals surface area (Å²) in [6.07, 6.45) is -0.131. The van der Waals surface area contributed by atoms with Crippen molar-refractivity contribution < 1.29 is 15.0 Å². The van der Waals surface area contributed by atoms with Crippen LogP contribution in [0.5, 0.6) is 0 Å². The number of hydrogen-bond acceptors (Lipinski definition) is 3. The van der Waals surface area contributed by atoms with Gasteiger partial charge in [-0.2, -0.15) is 0 Å². The van der Waals surface area contributed by atoms with Crippen molar-refractivity contribution in [2.75, 3.05) is 13.2 Å². The van der Waals surface area contributed by atoms with E-state index in [0.717, 1.165) is 17.1 Å². The number of benzene rings is 1. The van der Waals surface area contributed by atoms with E-state index in [0.29, 0.717) is 12.0 Å². The van der Waals surface area contributed by atoms with Gasteiger partial charge >= 0.3 is 0 Å². The Balaban J connectivity index is 1.97. The van der Waals surface area contributed by atoms with Crippen LogP contribution in [0, 0.1) is 13.8 Å². The number of rotatable bonds is 3. The number of aryl methyl sites for hydroxylation is 1. The lowest BCUT2D eigenvalue weighted by Gasteiger charge is -2.22. The molecule has 1 aliphatic heterocycles. The quantitative estimate of drug-likeness (QED) is 0.905. The summed E-state index contributed by atoms with van der Waals surface area (Å²) in [5.74, 6) is -0.129. The molecule has 3 rings (SSSR count). The monoisotopic (exact) mass is 314 g/mol. The highest BCUT2D eigenvalue weighted by atomic mass is 16.3. The zero-order chi connectivity index (χ0) is 16.6. The van der Waals surface area contributed by atoms with E-state index in [1.807, 2.05) is 54.8 Å². The molecule has 2 heterocycles. The zero-order valence-corrected chi connectivity index (χ0v) is 13.4. The van der Waals surface area contributed by atoms with Gasteiger partial charge in [-0.1, -0.05) is 18.2 Å². The van der Waals surface area contributed by atoms with Crippen LogP contribution in [0.4, 0.5) is 0 Å². The number of carbonyl (C=O) groups is 1.